The van der Waals surface area contributed by atoms with E-state index in [-0.39, 0.29) is 11.7 Å². The number of piperidine rings is 1. The Hall–Kier alpha value is -1.93. The zero-order valence-electron chi connectivity index (χ0n) is 15.9. The van der Waals surface area contributed by atoms with Crippen molar-refractivity contribution in [3.8, 4) is 5.75 Å². The van der Waals surface area contributed by atoms with Gasteiger partial charge in [0.15, 0.2) is 5.16 Å². The monoisotopic (exact) mass is 421 g/mol. The predicted octanol–water partition coefficient (Wildman–Crippen LogP) is 4.00. The molecule has 0 radical (unpaired) electrons. The smallest absolute Gasteiger partial charge is 0.234 e. The zero-order chi connectivity index (χ0) is 19.5. The number of carbonyl (C=O) groups is 1. The van der Waals surface area contributed by atoms with Crippen LogP contribution in [-0.4, -0.2) is 46.6 Å². The lowest BCUT2D eigenvalue weighted by Gasteiger charge is -2.27. The van der Waals surface area contributed by atoms with Crippen molar-refractivity contribution in [3.63, 3.8) is 0 Å². The highest BCUT2D eigenvalue weighted by Gasteiger charge is 2.32. The van der Waals surface area contributed by atoms with Gasteiger partial charge in [-0.05, 0) is 50.3 Å². The summed E-state index contributed by atoms with van der Waals surface area (Å²) in [5.41, 5.74) is 0.647. The van der Waals surface area contributed by atoms with Crippen LogP contribution in [0.2, 0.25) is 5.02 Å². The SMILES string of the molecule is COc1ccc(NC(=O)CSc2nnc(N3CCCCC3)n2C2CC2)cc1Cl. The van der Waals surface area contributed by atoms with E-state index in [1.807, 2.05) is 0 Å². The van der Waals surface area contributed by atoms with E-state index < -0.39 is 0 Å². The van der Waals surface area contributed by atoms with Gasteiger partial charge in [0, 0.05) is 24.8 Å². The number of amides is 1. The number of thioether (sulfide) groups is 1. The molecule has 1 aromatic heterocycles. The first-order valence-electron chi connectivity index (χ1n) is 9.62. The summed E-state index contributed by atoms with van der Waals surface area (Å²) >= 11 is 7.55. The van der Waals surface area contributed by atoms with E-state index >= 15 is 0 Å². The summed E-state index contributed by atoms with van der Waals surface area (Å²) in [6.07, 6.45) is 6.00. The molecule has 1 aliphatic heterocycles. The lowest BCUT2D eigenvalue weighted by molar-refractivity contribution is -0.113. The predicted molar refractivity (Wildman–Crippen MR) is 112 cm³/mol. The number of anilines is 2. The number of nitrogens with one attached hydrogen (secondary N) is 1. The molecule has 2 aromatic rings. The number of aromatic nitrogens is 3. The molecule has 28 heavy (non-hydrogen) atoms. The molecule has 0 bridgehead atoms. The Balaban J connectivity index is 1.40. The third kappa shape index (κ3) is 4.38. The van der Waals surface area contributed by atoms with Gasteiger partial charge in [-0.15, -0.1) is 10.2 Å². The molecule has 2 aliphatic rings. The fourth-order valence-electron chi connectivity index (χ4n) is 3.40. The Bertz CT molecular complexity index is 849. The molecule has 2 fully saturated rings. The van der Waals surface area contributed by atoms with Crippen LogP contribution in [0.4, 0.5) is 11.6 Å². The molecule has 1 N–H and O–H groups in total. The quantitative estimate of drug-likeness (QED) is 0.681. The molecule has 0 unspecified atom stereocenters. The number of carbonyl (C=O) groups excluding carboxylic acids is 1. The largest absolute Gasteiger partial charge is 0.495 e. The van der Waals surface area contributed by atoms with E-state index in [4.69, 9.17) is 16.3 Å². The van der Waals surface area contributed by atoms with Crippen LogP contribution in [0.1, 0.15) is 38.1 Å². The van der Waals surface area contributed by atoms with Crippen LogP contribution in [-0.2, 0) is 4.79 Å². The molecule has 7 nitrogen and oxygen atoms in total. The molecule has 9 heteroatoms. The highest BCUT2D eigenvalue weighted by molar-refractivity contribution is 7.99. The van der Waals surface area contributed by atoms with Gasteiger partial charge >= 0.3 is 0 Å². The summed E-state index contributed by atoms with van der Waals surface area (Å²) in [7, 11) is 1.56. The van der Waals surface area contributed by atoms with E-state index in [0.29, 0.717) is 22.5 Å². The van der Waals surface area contributed by atoms with Gasteiger partial charge in [-0.25, -0.2) is 0 Å². The fraction of sp³-hybridized carbons (Fsp3) is 0.526. The first-order chi connectivity index (χ1) is 13.7. The van der Waals surface area contributed by atoms with Crippen molar-refractivity contribution < 1.29 is 9.53 Å². The number of rotatable bonds is 7. The van der Waals surface area contributed by atoms with Crippen LogP contribution in [0, 0.1) is 0 Å². The van der Waals surface area contributed by atoms with Gasteiger partial charge in [0.1, 0.15) is 5.75 Å². The lowest BCUT2D eigenvalue weighted by Crippen LogP contribution is -2.32. The molecule has 1 saturated heterocycles. The normalized spacial score (nSPS) is 16.9. The molecule has 1 aliphatic carbocycles. The van der Waals surface area contributed by atoms with E-state index in [1.54, 1.807) is 25.3 Å². The van der Waals surface area contributed by atoms with Crippen LogP contribution in [0.5, 0.6) is 5.75 Å². The molecule has 0 spiro atoms. The van der Waals surface area contributed by atoms with Gasteiger partial charge in [0.05, 0.1) is 17.9 Å². The van der Waals surface area contributed by atoms with Gasteiger partial charge in [0.2, 0.25) is 11.9 Å². The number of benzene rings is 1. The number of halogens is 1. The van der Waals surface area contributed by atoms with Gasteiger partial charge in [-0.1, -0.05) is 23.4 Å². The Morgan fingerprint density at radius 1 is 1.29 bits per heavy atom. The summed E-state index contributed by atoms with van der Waals surface area (Å²) in [6, 6.07) is 5.66. The standard InChI is InChI=1S/C19H24ClN5O2S/c1-27-16-8-5-13(11-15(16)20)21-17(26)12-28-19-23-22-18(25(19)14-6-7-14)24-9-3-2-4-10-24/h5,8,11,14H,2-4,6-7,9-10,12H2,1H3,(H,21,26). The van der Waals surface area contributed by atoms with Crippen LogP contribution in [0.15, 0.2) is 23.4 Å². The first kappa shape index (κ1) is 19.4. The molecular weight excluding hydrogens is 398 g/mol. The maximum absolute atomic E-state index is 12.4. The lowest BCUT2D eigenvalue weighted by atomic mass is 10.1. The topological polar surface area (TPSA) is 72.3 Å². The second kappa shape index (κ2) is 8.61. The van der Waals surface area contributed by atoms with Gasteiger partial charge in [0.25, 0.3) is 0 Å². The van der Waals surface area contributed by atoms with Gasteiger partial charge in [-0.3, -0.25) is 9.36 Å². The number of nitrogens with zero attached hydrogens (tertiary/aromatic N) is 4. The molecule has 1 saturated carbocycles. The minimum Gasteiger partial charge on any atom is -0.495 e. The number of ether oxygens (including phenoxy) is 1. The van der Waals surface area contributed by atoms with Crippen molar-refractivity contribution in [1.82, 2.24) is 14.8 Å². The Morgan fingerprint density at radius 3 is 2.75 bits per heavy atom. The summed E-state index contributed by atoms with van der Waals surface area (Å²) in [4.78, 5) is 14.7. The molecule has 1 amide bonds. The van der Waals surface area contributed by atoms with E-state index in [9.17, 15) is 4.79 Å². The van der Waals surface area contributed by atoms with E-state index in [2.05, 4.69) is 25.0 Å². The second-order valence-corrected chi connectivity index (χ2v) is 8.47. The summed E-state index contributed by atoms with van der Waals surface area (Å²) < 4.78 is 7.36. The zero-order valence-corrected chi connectivity index (χ0v) is 17.4. The highest BCUT2D eigenvalue weighted by Crippen LogP contribution is 2.41. The number of hydrogen-bond acceptors (Lipinski definition) is 6. The molecule has 1 aromatic carbocycles. The van der Waals surface area contributed by atoms with Gasteiger partial charge < -0.3 is 15.0 Å². The Labute approximate surface area is 173 Å². The first-order valence-corrected chi connectivity index (χ1v) is 11.0. The van der Waals surface area contributed by atoms with Crippen molar-refractivity contribution in [2.45, 2.75) is 43.3 Å². The minimum atomic E-state index is -0.101. The minimum absolute atomic E-state index is 0.101. The Kier molecular flexibility index (Phi) is 5.96. The molecule has 2 heterocycles. The maximum atomic E-state index is 12.4. The highest BCUT2D eigenvalue weighted by atomic mass is 35.5. The van der Waals surface area contributed by atoms with Crippen molar-refractivity contribution >= 4 is 40.9 Å². The summed E-state index contributed by atoms with van der Waals surface area (Å²) in [6.45, 7) is 2.07. The second-order valence-electron chi connectivity index (χ2n) is 7.12. The van der Waals surface area contributed by atoms with E-state index in [1.165, 1.54) is 31.0 Å². The number of hydrogen-bond donors (Lipinski definition) is 1. The third-order valence-electron chi connectivity index (χ3n) is 4.97. The van der Waals surface area contributed by atoms with Crippen molar-refractivity contribution in [2.24, 2.45) is 0 Å². The Morgan fingerprint density at radius 2 is 2.07 bits per heavy atom. The van der Waals surface area contributed by atoms with Crippen molar-refractivity contribution in [3.05, 3.63) is 23.2 Å². The molecule has 150 valence electrons. The number of methoxy groups -OCH3 is 1. The molecule has 4 rings (SSSR count). The van der Waals surface area contributed by atoms with Crippen LogP contribution >= 0.6 is 23.4 Å². The summed E-state index contributed by atoms with van der Waals surface area (Å²) in [5, 5.41) is 13.0. The summed E-state index contributed by atoms with van der Waals surface area (Å²) in [5.74, 6) is 1.72. The average Bonchev–Trinajstić information content (AvgIpc) is 3.46. The van der Waals surface area contributed by atoms with Crippen LogP contribution in [0.25, 0.3) is 0 Å². The van der Waals surface area contributed by atoms with Crippen LogP contribution in [0.3, 0.4) is 0 Å². The van der Waals surface area contributed by atoms with Crippen LogP contribution < -0.4 is 15.0 Å². The maximum Gasteiger partial charge on any atom is 0.234 e. The van der Waals surface area contributed by atoms with Crippen molar-refractivity contribution in [1.29, 1.82) is 0 Å². The fourth-order valence-corrected chi connectivity index (χ4v) is 4.46. The van der Waals surface area contributed by atoms with Gasteiger partial charge in [-0.2, -0.15) is 0 Å². The third-order valence-corrected chi connectivity index (χ3v) is 6.20. The van der Waals surface area contributed by atoms with Crippen molar-refractivity contribution in [2.75, 3.05) is 36.2 Å². The average molecular weight is 422 g/mol. The molecule has 0 atom stereocenters. The molecular formula is C19H24ClN5O2S. The van der Waals surface area contributed by atoms with E-state index in [0.717, 1.165) is 37.0 Å².